The maximum absolute atomic E-state index is 10.6. The Kier molecular flexibility index (Phi) is 3.46. The van der Waals surface area contributed by atoms with Crippen LogP contribution in [0, 0.1) is 10.1 Å². The highest BCUT2D eigenvalue weighted by atomic mass is 16.6. The Morgan fingerprint density at radius 1 is 1.47 bits per heavy atom. The zero-order chi connectivity index (χ0) is 11.4. The molecule has 1 aromatic carbocycles. The third-order valence-corrected chi connectivity index (χ3v) is 1.64. The first-order valence-corrected chi connectivity index (χ1v) is 4.45. The number of nitrogens with zero attached hydrogens (tertiary/aromatic N) is 1. The van der Waals surface area contributed by atoms with Crippen LogP contribution < -0.4 is 16.0 Å². The summed E-state index contributed by atoms with van der Waals surface area (Å²) in [5, 5.41) is 10.6. The first-order valence-electron chi connectivity index (χ1n) is 4.45. The van der Waals surface area contributed by atoms with Crippen LogP contribution in [-0.4, -0.2) is 11.0 Å². The van der Waals surface area contributed by atoms with Crippen LogP contribution in [0.25, 0.3) is 0 Å². The second kappa shape index (κ2) is 4.61. The molecule has 0 fully saturated rings. The van der Waals surface area contributed by atoms with Gasteiger partial charge in [-0.15, -0.1) is 0 Å². The summed E-state index contributed by atoms with van der Waals surface area (Å²) < 4.78 is 5.35. The molecule has 0 aliphatic heterocycles. The molecule has 0 aliphatic rings. The predicted octanol–water partition coefficient (Wildman–Crippen LogP) is 1.67. The lowest BCUT2D eigenvalue weighted by Gasteiger charge is -2.10. The Bertz CT molecular complexity index is 366. The minimum Gasteiger partial charge on any atom is -0.491 e. The second-order valence-electron chi connectivity index (χ2n) is 3.28. The number of rotatable bonds is 4. The molecule has 0 atom stereocenters. The highest BCUT2D eigenvalue weighted by Crippen LogP contribution is 2.26. The fourth-order valence-electron chi connectivity index (χ4n) is 1.11. The molecule has 0 heterocycles. The fraction of sp³-hybridized carbons (Fsp3) is 0.333. The van der Waals surface area contributed by atoms with Crippen LogP contribution >= 0.6 is 0 Å². The van der Waals surface area contributed by atoms with Gasteiger partial charge in [0.2, 0.25) is 0 Å². The Labute approximate surface area is 87.2 Å². The molecule has 6 nitrogen and oxygen atoms in total. The van der Waals surface area contributed by atoms with Crippen molar-refractivity contribution in [1.29, 1.82) is 0 Å². The van der Waals surface area contributed by atoms with E-state index < -0.39 is 4.92 Å². The van der Waals surface area contributed by atoms with Gasteiger partial charge in [-0.1, -0.05) is 0 Å². The number of nitrogen functional groups attached to an aromatic ring is 1. The van der Waals surface area contributed by atoms with Crippen molar-refractivity contribution in [2.75, 3.05) is 5.43 Å². The average molecular weight is 211 g/mol. The number of nitro groups is 1. The lowest BCUT2D eigenvalue weighted by Crippen LogP contribution is -2.09. The number of hydrazine groups is 1. The third kappa shape index (κ3) is 3.10. The van der Waals surface area contributed by atoms with Crippen LogP contribution in [0.1, 0.15) is 13.8 Å². The zero-order valence-corrected chi connectivity index (χ0v) is 8.56. The molecule has 3 N–H and O–H groups in total. The molecule has 1 rings (SSSR count). The summed E-state index contributed by atoms with van der Waals surface area (Å²) in [5.74, 6) is 5.61. The summed E-state index contributed by atoms with van der Waals surface area (Å²) >= 11 is 0. The molecule has 0 saturated carbocycles. The molecule has 0 saturated heterocycles. The number of non-ortho nitro benzene ring substituents is 1. The van der Waals surface area contributed by atoms with Crippen molar-refractivity contribution in [1.82, 2.24) is 0 Å². The molecule has 0 spiro atoms. The first kappa shape index (κ1) is 11.3. The molecular formula is C9H13N3O3. The SMILES string of the molecule is CC(C)Oc1cc(NN)cc([N+](=O)[O-])c1. The molecular weight excluding hydrogens is 198 g/mol. The number of benzene rings is 1. The van der Waals surface area contributed by atoms with E-state index in [0.717, 1.165) is 0 Å². The van der Waals surface area contributed by atoms with Gasteiger partial charge < -0.3 is 10.2 Å². The normalized spacial score (nSPS) is 10.1. The largest absolute Gasteiger partial charge is 0.491 e. The van der Waals surface area contributed by atoms with E-state index in [1.165, 1.54) is 12.1 Å². The highest BCUT2D eigenvalue weighted by Gasteiger charge is 2.10. The molecule has 0 aliphatic carbocycles. The lowest BCUT2D eigenvalue weighted by molar-refractivity contribution is -0.384. The maximum Gasteiger partial charge on any atom is 0.275 e. The summed E-state index contributed by atoms with van der Waals surface area (Å²) in [7, 11) is 0. The van der Waals surface area contributed by atoms with Gasteiger partial charge in [0.25, 0.3) is 5.69 Å². The van der Waals surface area contributed by atoms with E-state index in [0.29, 0.717) is 11.4 Å². The van der Waals surface area contributed by atoms with E-state index in [4.69, 9.17) is 10.6 Å². The van der Waals surface area contributed by atoms with E-state index in [1.54, 1.807) is 6.07 Å². The predicted molar refractivity (Wildman–Crippen MR) is 56.7 cm³/mol. The van der Waals surface area contributed by atoms with Crippen molar-refractivity contribution in [3.63, 3.8) is 0 Å². The van der Waals surface area contributed by atoms with Crippen molar-refractivity contribution in [2.45, 2.75) is 20.0 Å². The summed E-state index contributed by atoms with van der Waals surface area (Å²) in [6, 6.07) is 4.31. The number of hydrogen-bond donors (Lipinski definition) is 2. The van der Waals surface area contributed by atoms with Gasteiger partial charge in [-0.2, -0.15) is 0 Å². The number of nitro benzene ring substituents is 1. The molecule has 0 amide bonds. The Morgan fingerprint density at radius 2 is 2.13 bits per heavy atom. The van der Waals surface area contributed by atoms with Gasteiger partial charge in [-0.05, 0) is 13.8 Å². The van der Waals surface area contributed by atoms with E-state index in [-0.39, 0.29) is 11.8 Å². The van der Waals surface area contributed by atoms with E-state index in [9.17, 15) is 10.1 Å². The second-order valence-corrected chi connectivity index (χ2v) is 3.28. The monoisotopic (exact) mass is 211 g/mol. The number of nitrogens with one attached hydrogen (secondary N) is 1. The van der Waals surface area contributed by atoms with Gasteiger partial charge in [0.15, 0.2) is 0 Å². The van der Waals surface area contributed by atoms with Crippen LogP contribution in [-0.2, 0) is 0 Å². The Balaban J connectivity index is 3.05. The van der Waals surface area contributed by atoms with Gasteiger partial charge >= 0.3 is 0 Å². The van der Waals surface area contributed by atoms with Gasteiger partial charge in [-0.25, -0.2) is 0 Å². The van der Waals surface area contributed by atoms with Crippen molar-refractivity contribution in [3.05, 3.63) is 28.3 Å². The number of ether oxygens (including phenoxy) is 1. The number of hydrogen-bond acceptors (Lipinski definition) is 5. The highest BCUT2D eigenvalue weighted by molar-refractivity contribution is 5.55. The summed E-state index contributed by atoms with van der Waals surface area (Å²) in [6.45, 7) is 3.68. The fourth-order valence-corrected chi connectivity index (χ4v) is 1.11. The average Bonchev–Trinajstić information content (AvgIpc) is 2.16. The smallest absolute Gasteiger partial charge is 0.275 e. The quantitative estimate of drug-likeness (QED) is 0.449. The van der Waals surface area contributed by atoms with Crippen LogP contribution in [0.5, 0.6) is 5.75 Å². The molecule has 1 aromatic rings. The van der Waals surface area contributed by atoms with E-state index in [1.807, 2.05) is 13.8 Å². The standard InChI is InChI=1S/C9H13N3O3/c1-6(2)15-9-4-7(11-10)3-8(5-9)12(13)14/h3-6,11H,10H2,1-2H3. The van der Waals surface area contributed by atoms with Crippen LogP contribution in [0.2, 0.25) is 0 Å². The van der Waals surface area contributed by atoms with Gasteiger partial charge in [0, 0.05) is 12.1 Å². The van der Waals surface area contributed by atoms with Crippen LogP contribution in [0.15, 0.2) is 18.2 Å². The molecule has 0 aromatic heterocycles. The van der Waals surface area contributed by atoms with Crippen molar-refractivity contribution in [2.24, 2.45) is 5.84 Å². The molecule has 15 heavy (non-hydrogen) atoms. The van der Waals surface area contributed by atoms with Gasteiger partial charge in [0.05, 0.1) is 22.8 Å². The first-order chi connectivity index (χ1) is 7.02. The van der Waals surface area contributed by atoms with Crippen molar-refractivity contribution >= 4 is 11.4 Å². The van der Waals surface area contributed by atoms with E-state index >= 15 is 0 Å². The van der Waals surface area contributed by atoms with E-state index in [2.05, 4.69) is 5.43 Å². The third-order valence-electron chi connectivity index (χ3n) is 1.64. The molecule has 0 unspecified atom stereocenters. The molecule has 6 heteroatoms. The molecule has 82 valence electrons. The Hall–Kier alpha value is -1.82. The molecule has 0 bridgehead atoms. The lowest BCUT2D eigenvalue weighted by atomic mass is 10.2. The number of anilines is 1. The topological polar surface area (TPSA) is 90.4 Å². The summed E-state index contributed by atoms with van der Waals surface area (Å²) in [4.78, 5) is 10.1. The van der Waals surface area contributed by atoms with Crippen LogP contribution in [0.4, 0.5) is 11.4 Å². The van der Waals surface area contributed by atoms with Gasteiger partial charge in [-0.3, -0.25) is 16.0 Å². The number of nitrogens with two attached hydrogens (primary N) is 1. The Morgan fingerprint density at radius 3 is 2.60 bits per heavy atom. The van der Waals surface area contributed by atoms with Gasteiger partial charge in [0.1, 0.15) is 5.75 Å². The minimum absolute atomic E-state index is 0.0439. The summed E-state index contributed by atoms with van der Waals surface area (Å²) in [5.41, 5.74) is 2.74. The zero-order valence-electron chi connectivity index (χ0n) is 8.56. The minimum atomic E-state index is -0.492. The molecule has 0 radical (unpaired) electrons. The van der Waals surface area contributed by atoms with Crippen molar-refractivity contribution in [3.8, 4) is 5.75 Å². The van der Waals surface area contributed by atoms with Crippen molar-refractivity contribution < 1.29 is 9.66 Å². The maximum atomic E-state index is 10.6. The summed E-state index contributed by atoms with van der Waals surface area (Å²) in [6.07, 6.45) is -0.0439. The van der Waals surface area contributed by atoms with Crippen LogP contribution in [0.3, 0.4) is 0 Å².